The maximum absolute atomic E-state index is 2.57. The SMILES string of the molecule is CC1C=CC=C(C2=c3ccccc3=C(N(c3ccc4ccccc4c3)c3ccc4ccccc4c3)C3CC23)C1. The largest absolute Gasteiger partial charge is 0.313 e. The predicted octanol–water partition coefficient (Wildman–Crippen LogP) is 8.26. The van der Waals surface area contributed by atoms with E-state index in [4.69, 9.17) is 0 Å². The van der Waals surface area contributed by atoms with E-state index in [1.54, 1.807) is 5.57 Å². The molecule has 0 aliphatic heterocycles. The topological polar surface area (TPSA) is 3.24 Å². The van der Waals surface area contributed by atoms with E-state index in [-0.39, 0.29) is 0 Å². The zero-order valence-corrected chi connectivity index (χ0v) is 22.2. The number of anilines is 2. The molecule has 1 saturated carbocycles. The van der Waals surface area contributed by atoms with E-state index in [1.165, 1.54) is 61.0 Å². The highest BCUT2D eigenvalue weighted by molar-refractivity contribution is 5.95. The van der Waals surface area contributed by atoms with Gasteiger partial charge in [0.1, 0.15) is 0 Å². The molecule has 0 spiro atoms. The van der Waals surface area contributed by atoms with Gasteiger partial charge in [0.2, 0.25) is 0 Å². The van der Waals surface area contributed by atoms with Crippen LogP contribution in [0.2, 0.25) is 0 Å². The summed E-state index contributed by atoms with van der Waals surface area (Å²) in [5.41, 5.74) is 7.04. The molecular weight excluding hydrogens is 470 g/mol. The summed E-state index contributed by atoms with van der Waals surface area (Å²) >= 11 is 0. The molecule has 3 atom stereocenters. The molecule has 0 aromatic heterocycles. The fraction of sp³-hybridized carbons (Fsp3) is 0.158. The minimum Gasteiger partial charge on any atom is -0.313 e. The lowest BCUT2D eigenvalue weighted by Crippen LogP contribution is -2.38. The van der Waals surface area contributed by atoms with Crippen molar-refractivity contribution in [1.29, 1.82) is 0 Å². The fourth-order valence-electron chi connectivity index (χ4n) is 6.96. The van der Waals surface area contributed by atoms with Gasteiger partial charge in [0.05, 0.1) is 0 Å². The first-order chi connectivity index (χ1) is 19.2. The minimum absolute atomic E-state index is 0.523. The van der Waals surface area contributed by atoms with Crippen LogP contribution in [0.3, 0.4) is 0 Å². The Balaban J connectivity index is 1.42. The summed E-state index contributed by atoms with van der Waals surface area (Å²) in [6, 6.07) is 40.4. The Bertz CT molecular complexity index is 1880. The lowest BCUT2D eigenvalue weighted by molar-refractivity contribution is 0.713. The summed E-state index contributed by atoms with van der Waals surface area (Å²) in [7, 11) is 0. The van der Waals surface area contributed by atoms with Gasteiger partial charge in [-0.25, -0.2) is 0 Å². The first-order valence-electron chi connectivity index (χ1n) is 14.2. The van der Waals surface area contributed by atoms with Crippen molar-refractivity contribution in [3.8, 4) is 0 Å². The van der Waals surface area contributed by atoms with Gasteiger partial charge in [-0.1, -0.05) is 110 Å². The molecule has 5 aromatic carbocycles. The third kappa shape index (κ3) is 3.76. The van der Waals surface area contributed by atoms with Crippen molar-refractivity contribution < 1.29 is 0 Å². The average Bonchev–Trinajstić information content (AvgIpc) is 3.77. The Labute approximate surface area is 229 Å². The minimum atomic E-state index is 0.523. The third-order valence-corrected chi connectivity index (χ3v) is 8.85. The van der Waals surface area contributed by atoms with Crippen LogP contribution >= 0.6 is 0 Å². The first kappa shape index (κ1) is 22.6. The van der Waals surface area contributed by atoms with Crippen molar-refractivity contribution in [3.05, 3.63) is 143 Å². The number of hydrogen-bond donors (Lipinski definition) is 0. The molecule has 0 N–H and O–H groups in total. The third-order valence-electron chi connectivity index (χ3n) is 8.85. The van der Waals surface area contributed by atoms with Crippen molar-refractivity contribution in [1.82, 2.24) is 0 Å². The molecule has 1 heteroatoms. The summed E-state index contributed by atoms with van der Waals surface area (Å²) in [5, 5.41) is 7.92. The van der Waals surface area contributed by atoms with Crippen LogP contribution < -0.4 is 15.3 Å². The normalized spacial score (nSPS) is 21.5. The Hall–Kier alpha value is -4.36. The lowest BCUT2D eigenvalue weighted by Gasteiger charge is -2.31. The van der Waals surface area contributed by atoms with Gasteiger partial charge in [-0.2, -0.15) is 0 Å². The highest BCUT2D eigenvalue weighted by atomic mass is 15.2. The number of allylic oxidation sites excluding steroid dienone is 4. The van der Waals surface area contributed by atoms with Gasteiger partial charge in [0.25, 0.3) is 0 Å². The Morgan fingerprint density at radius 2 is 1.21 bits per heavy atom. The molecule has 0 radical (unpaired) electrons. The smallest absolute Gasteiger partial charge is 0.0465 e. The number of fused-ring (bicyclic) bond motifs is 4. The number of hydrogen-bond acceptors (Lipinski definition) is 1. The van der Waals surface area contributed by atoms with Gasteiger partial charge in [-0.3, -0.25) is 0 Å². The molecule has 1 fully saturated rings. The Morgan fingerprint density at radius 1 is 0.615 bits per heavy atom. The molecule has 5 aromatic rings. The second-order valence-corrected chi connectivity index (χ2v) is 11.4. The molecular formula is C38H31N. The zero-order valence-electron chi connectivity index (χ0n) is 22.2. The van der Waals surface area contributed by atoms with E-state index in [9.17, 15) is 0 Å². The highest BCUT2D eigenvalue weighted by Crippen LogP contribution is 2.56. The molecule has 3 unspecified atom stereocenters. The maximum atomic E-state index is 2.57. The summed E-state index contributed by atoms with van der Waals surface area (Å²) in [6.45, 7) is 2.34. The van der Waals surface area contributed by atoms with Crippen molar-refractivity contribution >= 4 is 44.2 Å². The van der Waals surface area contributed by atoms with Crippen molar-refractivity contribution in [2.75, 3.05) is 4.90 Å². The molecule has 0 bridgehead atoms. The van der Waals surface area contributed by atoms with Crippen molar-refractivity contribution in [3.63, 3.8) is 0 Å². The number of nitrogens with zero attached hydrogens (tertiary/aromatic N) is 1. The predicted molar refractivity (Wildman–Crippen MR) is 165 cm³/mol. The van der Waals surface area contributed by atoms with Crippen molar-refractivity contribution in [2.24, 2.45) is 17.8 Å². The van der Waals surface area contributed by atoms with Gasteiger partial charge >= 0.3 is 0 Å². The van der Waals surface area contributed by atoms with Crippen LogP contribution in [0, 0.1) is 17.8 Å². The van der Waals surface area contributed by atoms with E-state index in [0.29, 0.717) is 17.8 Å². The highest BCUT2D eigenvalue weighted by Gasteiger charge is 2.48. The Morgan fingerprint density at radius 3 is 1.85 bits per heavy atom. The van der Waals surface area contributed by atoms with Crippen LogP contribution in [0.4, 0.5) is 11.4 Å². The summed E-state index contributed by atoms with van der Waals surface area (Å²) in [4.78, 5) is 2.57. The number of rotatable bonds is 4. The first-order valence-corrected chi connectivity index (χ1v) is 14.2. The van der Waals surface area contributed by atoms with Gasteiger partial charge in [0, 0.05) is 28.2 Å². The maximum Gasteiger partial charge on any atom is 0.0465 e. The van der Waals surface area contributed by atoms with Crippen LogP contribution in [0.15, 0.2) is 133 Å². The van der Waals surface area contributed by atoms with Crippen LogP contribution in [0.25, 0.3) is 32.8 Å². The molecule has 3 aliphatic rings. The van der Waals surface area contributed by atoms with Crippen LogP contribution in [0.5, 0.6) is 0 Å². The molecule has 8 rings (SSSR count). The molecule has 188 valence electrons. The summed E-state index contributed by atoms with van der Waals surface area (Å²) in [6.07, 6.45) is 9.33. The summed E-state index contributed by atoms with van der Waals surface area (Å²) in [5.74, 6) is 1.71. The van der Waals surface area contributed by atoms with Crippen LogP contribution in [-0.4, -0.2) is 0 Å². The van der Waals surface area contributed by atoms with E-state index in [0.717, 1.165) is 6.42 Å². The quantitative estimate of drug-likeness (QED) is 0.240. The van der Waals surface area contributed by atoms with E-state index in [2.05, 4.69) is 139 Å². The standard InChI is InChI=1S/C38H31N/c1-25-9-8-14-30(21-25)37-33-15-6-7-16-34(33)38(36-24-35(36)37)39(31-19-17-26-10-2-4-12-28(26)22-31)32-20-18-27-11-3-5-13-29(27)23-32/h2-20,22-23,25,35-36H,21,24H2,1H3. The molecule has 0 saturated heterocycles. The van der Waals surface area contributed by atoms with E-state index >= 15 is 0 Å². The summed E-state index contributed by atoms with van der Waals surface area (Å²) < 4.78 is 0. The molecule has 39 heavy (non-hydrogen) atoms. The van der Waals surface area contributed by atoms with Crippen LogP contribution in [0.1, 0.15) is 19.8 Å². The monoisotopic (exact) mass is 501 g/mol. The van der Waals surface area contributed by atoms with Crippen molar-refractivity contribution in [2.45, 2.75) is 19.8 Å². The molecule has 3 aliphatic carbocycles. The molecule has 0 amide bonds. The fourth-order valence-corrected chi connectivity index (χ4v) is 6.96. The van der Waals surface area contributed by atoms with Gasteiger partial charge in [-0.05, 0) is 86.9 Å². The second-order valence-electron chi connectivity index (χ2n) is 11.4. The van der Waals surface area contributed by atoms with Gasteiger partial charge in [-0.15, -0.1) is 0 Å². The van der Waals surface area contributed by atoms with E-state index < -0.39 is 0 Å². The van der Waals surface area contributed by atoms with E-state index in [1.807, 2.05) is 0 Å². The lowest BCUT2D eigenvalue weighted by atomic mass is 9.84. The van der Waals surface area contributed by atoms with Gasteiger partial charge < -0.3 is 4.90 Å². The molecule has 0 heterocycles. The molecule has 1 nitrogen and oxygen atoms in total. The zero-order chi connectivity index (χ0) is 25.9. The number of benzene rings is 5. The Kier molecular flexibility index (Phi) is 5.13. The van der Waals surface area contributed by atoms with Crippen LogP contribution in [-0.2, 0) is 0 Å². The van der Waals surface area contributed by atoms with Gasteiger partial charge in [0.15, 0.2) is 0 Å². The average molecular weight is 502 g/mol. The second kappa shape index (κ2) is 8.85.